The molecule has 1 aliphatic carbocycles. The van der Waals surface area contributed by atoms with Gasteiger partial charge in [0.25, 0.3) is 0 Å². The minimum absolute atomic E-state index is 0.330. The van der Waals surface area contributed by atoms with Crippen molar-refractivity contribution < 1.29 is 14.3 Å². The normalized spacial score (nSPS) is 17.3. The lowest BCUT2D eigenvalue weighted by atomic mass is 9.91. The molecule has 1 aromatic carbocycles. The zero-order valence-corrected chi connectivity index (χ0v) is 13.3. The lowest BCUT2D eigenvalue weighted by Crippen LogP contribution is -2.17. The number of fused-ring (bicyclic) bond motifs is 1. The fourth-order valence-electron chi connectivity index (χ4n) is 2.42. The Kier molecular flexibility index (Phi) is 3.95. The van der Waals surface area contributed by atoms with Crippen LogP contribution in [0.15, 0.2) is 22.7 Å². The van der Waals surface area contributed by atoms with E-state index in [1.807, 2.05) is 0 Å². The highest BCUT2D eigenvalue weighted by molar-refractivity contribution is 9.10. The molecule has 1 atom stereocenters. The van der Waals surface area contributed by atoms with E-state index in [0.717, 1.165) is 17.7 Å². The second-order valence-corrected chi connectivity index (χ2v) is 6.86. The van der Waals surface area contributed by atoms with Crippen molar-refractivity contribution in [1.29, 1.82) is 0 Å². The van der Waals surface area contributed by atoms with Crippen molar-refractivity contribution >= 4 is 44.1 Å². The molecule has 1 heterocycles. The van der Waals surface area contributed by atoms with Crippen molar-refractivity contribution in [3.8, 4) is 0 Å². The molecule has 21 heavy (non-hydrogen) atoms. The van der Waals surface area contributed by atoms with Gasteiger partial charge in [0.15, 0.2) is 5.13 Å². The Hall–Kier alpha value is -1.47. The Morgan fingerprint density at radius 2 is 2.33 bits per heavy atom. The van der Waals surface area contributed by atoms with Crippen molar-refractivity contribution in [1.82, 2.24) is 4.98 Å². The van der Waals surface area contributed by atoms with Gasteiger partial charge in [0.1, 0.15) is 11.7 Å². The van der Waals surface area contributed by atoms with E-state index < -0.39 is 11.9 Å². The number of benzene rings is 1. The van der Waals surface area contributed by atoms with Gasteiger partial charge in [-0.15, -0.1) is 11.3 Å². The number of carboxylic acids is 1. The summed E-state index contributed by atoms with van der Waals surface area (Å²) in [5.74, 6) is -1.77. The highest BCUT2D eigenvalue weighted by atomic mass is 79.9. The SMILES string of the molecule is O=C(O)C1CCCc2sc(Nc3ccc(Br)cc3F)nc21. The summed E-state index contributed by atoms with van der Waals surface area (Å²) < 4.78 is 14.5. The van der Waals surface area contributed by atoms with E-state index in [0.29, 0.717) is 27.4 Å². The number of hydrogen-bond acceptors (Lipinski definition) is 4. The summed E-state index contributed by atoms with van der Waals surface area (Å²) in [6.45, 7) is 0. The number of aromatic nitrogens is 1. The van der Waals surface area contributed by atoms with Gasteiger partial charge in [-0.3, -0.25) is 4.79 Å². The van der Waals surface area contributed by atoms with Crippen molar-refractivity contribution in [3.63, 3.8) is 0 Å². The van der Waals surface area contributed by atoms with Crippen LogP contribution in [-0.2, 0) is 11.2 Å². The van der Waals surface area contributed by atoms with Gasteiger partial charge in [-0.2, -0.15) is 0 Å². The van der Waals surface area contributed by atoms with Gasteiger partial charge in [-0.1, -0.05) is 15.9 Å². The average Bonchev–Trinajstić information content (AvgIpc) is 2.83. The zero-order valence-electron chi connectivity index (χ0n) is 10.9. The molecule has 0 aliphatic heterocycles. The van der Waals surface area contributed by atoms with Gasteiger partial charge in [0, 0.05) is 9.35 Å². The third kappa shape index (κ3) is 2.94. The van der Waals surface area contributed by atoms with Crippen LogP contribution in [0.25, 0.3) is 0 Å². The van der Waals surface area contributed by atoms with Gasteiger partial charge >= 0.3 is 5.97 Å². The number of rotatable bonds is 3. The summed E-state index contributed by atoms with van der Waals surface area (Å²) in [5.41, 5.74) is 0.954. The maximum Gasteiger partial charge on any atom is 0.312 e. The molecule has 2 aromatic rings. The van der Waals surface area contributed by atoms with E-state index in [4.69, 9.17) is 0 Å². The second kappa shape index (κ2) is 5.73. The molecule has 1 aromatic heterocycles. The lowest BCUT2D eigenvalue weighted by Gasteiger charge is -2.16. The van der Waals surface area contributed by atoms with Crippen LogP contribution in [0.2, 0.25) is 0 Å². The standard InChI is InChI=1S/C14H12BrFN2O2S/c15-7-4-5-10(9(16)6-7)17-14-18-12-8(13(19)20)2-1-3-11(12)21-14/h4-6,8H,1-3H2,(H,17,18)(H,19,20). The van der Waals surface area contributed by atoms with Crippen LogP contribution in [-0.4, -0.2) is 16.1 Å². The summed E-state index contributed by atoms with van der Waals surface area (Å²) in [5, 5.41) is 12.7. The topological polar surface area (TPSA) is 62.2 Å². The fourth-order valence-corrected chi connectivity index (χ4v) is 3.83. The number of carbonyl (C=O) groups is 1. The number of hydrogen-bond donors (Lipinski definition) is 2. The van der Waals surface area contributed by atoms with Crippen molar-refractivity contribution in [2.45, 2.75) is 25.2 Å². The van der Waals surface area contributed by atoms with E-state index in [1.165, 1.54) is 17.4 Å². The summed E-state index contributed by atoms with van der Waals surface area (Å²) in [6.07, 6.45) is 2.29. The number of nitrogens with one attached hydrogen (secondary N) is 1. The molecule has 0 spiro atoms. The zero-order chi connectivity index (χ0) is 15.0. The quantitative estimate of drug-likeness (QED) is 0.845. The highest BCUT2D eigenvalue weighted by Crippen LogP contribution is 2.38. The molecular formula is C14H12BrFN2O2S. The van der Waals surface area contributed by atoms with Gasteiger partial charge in [0.2, 0.25) is 0 Å². The second-order valence-electron chi connectivity index (χ2n) is 4.86. The third-order valence-electron chi connectivity index (χ3n) is 3.43. The van der Waals surface area contributed by atoms with E-state index >= 15 is 0 Å². The van der Waals surface area contributed by atoms with Crippen LogP contribution in [0, 0.1) is 5.82 Å². The smallest absolute Gasteiger partial charge is 0.312 e. The summed E-state index contributed by atoms with van der Waals surface area (Å²) in [4.78, 5) is 16.6. The number of thiazole rings is 1. The molecule has 7 heteroatoms. The Labute approximate surface area is 133 Å². The van der Waals surface area contributed by atoms with Crippen LogP contribution in [0.3, 0.4) is 0 Å². The maximum atomic E-state index is 13.8. The Morgan fingerprint density at radius 3 is 3.05 bits per heavy atom. The Bertz CT molecular complexity index is 704. The third-order valence-corrected chi connectivity index (χ3v) is 4.96. The molecule has 110 valence electrons. The number of anilines is 2. The number of aliphatic carboxylic acids is 1. The van der Waals surface area contributed by atoms with Crippen LogP contribution in [0.4, 0.5) is 15.2 Å². The van der Waals surface area contributed by atoms with Crippen molar-refractivity contribution in [3.05, 3.63) is 39.1 Å². The average molecular weight is 371 g/mol. The van der Waals surface area contributed by atoms with Crippen LogP contribution < -0.4 is 5.32 Å². The largest absolute Gasteiger partial charge is 0.481 e. The number of aryl methyl sites for hydroxylation is 1. The van der Waals surface area contributed by atoms with E-state index in [-0.39, 0.29) is 5.82 Å². The first-order valence-corrected chi connectivity index (χ1v) is 8.10. The minimum atomic E-state index is -0.845. The Morgan fingerprint density at radius 1 is 1.52 bits per heavy atom. The molecule has 2 N–H and O–H groups in total. The van der Waals surface area contributed by atoms with E-state index in [9.17, 15) is 14.3 Å². The molecule has 3 rings (SSSR count). The van der Waals surface area contributed by atoms with Gasteiger partial charge in [-0.05, 0) is 37.5 Å². The summed E-state index contributed by atoms with van der Waals surface area (Å²) in [7, 11) is 0. The minimum Gasteiger partial charge on any atom is -0.481 e. The molecule has 0 saturated carbocycles. The summed E-state index contributed by atoms with van der Waals surface area (Å²) >= 11 is 4.61. The summed E-state index contributed by atoms with van der Waals surface area (Å²) in [6, 6.07) is 4.73. The number of nitrogens with zero attached hydrogens (tertiary/aromatic N) is 1. The molecule has 1 unspecified atom stereocenters. The van der Waals surface area contributed by atoms with Crippen molar-refractivity contribution in [2.75, 3.05) is 5.32 Å². The van der Waals surface area contributed by atoms with Crippen LogP contribution in [0.5, 0.6) is 0 Å². The first kappa shape index (κ1) is 14.5. The van der Waals surface area contributed by atoms with Crippen LogP contribution >= 0.6 is 27.3 Å². The molecule has 1 aliphatic rings. The first-order chi connectivity index (χ1) is 10.0. The van der Waals surface area contributed by atoms with E-state index in [2.05, 4.69) is 26.2 Å². The molecule has 0 fully saturated rings. The molecule has 0 amide bonds. The molecule has 4 nitrogen and oxygen atoms in total. The van der Waals surface area contributed by atoms with Gasteiger partial charge in [-0.25, -0.2) is 9.37 Å². The number of halogens is 2. The molecule has 0 bridgehead atoms. The highest BCUT2D eigenvalue weighted by Gasteiger charge is 2.30. The van der Waals surface area contributed by atoms with E-state index in [1.54, 1.807) is 12.1 Å². The first-order valence-electron chi connectivity index (χ1n) is 6.49. The number of carboxylic acid groups (broad SMARTS) is 1. The van der Waals surface area contributed by atoms with Crippen molar-refractivity contribution in [2.24, 2.45) is 0 Å². The predicted octanol–water partition coefficient (Wildman–Crippen LogP) is 4.29. The van der Waals surface area contributed by atoms with Gasteiger partial charge in [0.05, 0.1) is 11.4 Å². The molecular weight excluding hydrogens is 359 g/mol. The van der Waals surface area contributed by atoms with Gasteiger partial charge < -0.3 is 10.4 Å². The predicted molar refractivity (Wildman–Crippen MR) is 82.8 cm³/mol. The molecule has 0 radical (unpaired) electrons. The lowest BCUT2D eigenvalue weighted by molar-refractivity contribution is -0.139. The fraction of sp³-hybridized carbons (Fsp3) is 0.286. The Balaban J connectivity index is 1.89. The monoisotopic (exact) mass is 370 g/mol. The maximum absolute atomic E-state index is 13.8. The van der Waals surface area contributed by atoms with Crippen LogP contribution in [0.1, 0.15) is 29.3 Å². The molecule has 0 saturated heterocycles.